The number of amides is 1. The van der Waals surface area contributed by atoms with Crippen molar-refractivity contribution >= 4 is 29.3 Å². The second-order valence-electron chi connectivity index (χ2n) is 4.04. The van der Waals surface area contributed by atoms with Gasteiger partial charge >= 0.3 is 5.97 Å². The van der Waals surface area contributed by atoms with Gasteiger partial charge in [0.25, 0.3) is 5.91 Å². The minimum atomic E-state index is -0.702. The summed E-state index contributed by atoms with van der Waals surface area (Å²) in [6, 6.07) is 12.1. The van der Waals surface area contributed by atoms with Crippen molar-refractivity contribution in [2.45, 2.75) is 4.90 Å². The second-order valence-corrected chi connectivity index (χ2v) is 5.06. The molecule has 1 N–H and O–H groups in total. The van der Waals surface area contributed by atoms with E-state index in [0.717, 1.165) is 4.90 Å². The number of hydrogen-bond donors (Lipinski definition) is 1. The fourth-order valence-corrected chi connectivity index (χ4v) is 2.26. The molecule has 1 aromatic carbocycles. The highest BCUT2D eigenvalue weighted by Gasteiger charge is 2.13. The van der Waals surface area contributed by atoms with E-state index >= 15 is 0 Å². The van der Waals surface area contributed by atoms with E-state index in [4.69, 9.17) is 14.4 Å². The van der Waals surface area contributed by atoms with Crippen molar-refractivity contribution in [3.63, 3.8) is 0 Å². The van der Waals surface area contributed by atoms with Crippen molar-refractivity contribution in [1.82, 2.24) is 0 Å². The first kappa shape index (κ1) is 15.7. The number of nitriles is 1. The molecule has 6 nitrogen and oxygen atoms in total. The standard InChI is InChI=1S/C15H12N2O4S/c16-7-9-22-13-6-2-1-4-11(13)17-14(18)10-21-15(19)12-5-3-8-20-12/h1-6,8H,9-10H2,(H,17,18). The molecule has 0 fully saturated rings. The van der Waals surface area contributed by atoms with Crippen molar-refractivity contribution in [3.8, 4) is 6.07 Å². The number of thioether (sulfide) groups is 1. The number of nitrogens with zero attached hydrogens (tertiary/aromatic N) is 1. The molecule has 0 spiro atoms. The van der Waals surface area contributed by atoms with Crippen LogP contribution in [0.3, 0.4) is 0 Å². The van der Waals surface area contributed by atoms with Crippen LogP contribution in [0.15, 0.2) is 52.0 Å². The number of carbonyl (C=O) groups is 2. The molecule has 0 unspecified atom stereocenters. The van der Waals surface area contributed by atoms with Gasteiger partial charge in [-0.05, 0) is 24.3 Å². The zero-order valence-corrected chi connectivity index (χ0v) is 12.3. The van der Waals surface area contributed by atoms with Crippen molar-refractivity contribution in [2.75, 3.05) is 17.7 Å². The van der Waals surface area contributed by atoms with Gasteiger partial charge in [-0.1, -0.05) is 12.1 Å². The lowest BCUT2D eigenvalue weighted by atomic mass is 10.3. The number of nitrogens with one attached hydrogen (secondary N) is 1. The Morgan fingerprint density at radius 2 is 2.09 bits per heavy atom. The minimum absolute atomic E-state index is 0.0396. The molecule has 0 saturated heterocycles. The molecule has 22 heavy (non-hydrogen) atoms. The lowest BCUT2D eigenvalue weighted by molar-refractivity contribution is -0.119. The number of benzene rings is 1. The Labute approximate surface area is 131 Å². The molecule has 2 aromatic rings. The molecular formula is C15H12N2O4S. The van der Waals surface area contributed by atoms with Crippen LogP contribution in [0.1, 0.15) is 10.6 Å². The maximum Gasteiger partial charge on any atom is 0.374 e. The van der Waals surface area contributed by atoms with Crippen molar-refractivity contribution in [1.29, 1.82) is 5.26 Å². The molecule has 1 amide bonds. The van der Waals surface area contributed by atoms with Crippen LogP contribution < -0.4 is 5.32 Å². The first-order valence-corrected chi connectivity index (χ1v) is 7.28. The second kappa shape index (κ2) is 7.90. The number of hydrogen-bond acceptors (Lipinski definition) is 6. The summed E-state index contributed by atoms with van der Waals surface area (Å²) in [6.45, 7) is -0.420. The highest BCUT2D eigenvalue weighted by molar-refractivity contribution is 7.99. The van der Waals surface area contributed by atoms with Crippen LogP contribution in [0.2, 0.25) is 0 Å². The molecule has 1 aromatic heterocycles. The van der Waals surface area contributed by atoms with E-state index in [1.807, 2.05) is 12.1 Å². The lowest BCUT2D eigenvalue weighted by Gasteiger charge is -2.09. The predicted octanol–water partition coefficient (Wildman–Crippen LogP) is 2.69. The van der Waals surface area contributed by atoms with Gasteiger partial charge in [-0.15, -0.1) is 11.8 Å². The summed E-state index contributed by atoms with van der Waals surface area (Å²) in [7, 11) is 0. The predicted molar refractivity (Wildman–Crippen MR) is 80.4 cm³/mol. The number of furan rings is 1. The smallest absolute Gasteiger partial charge is 0.374 e. The van der Waals surface area contributed by atoms with Crippen LogP contribution in [0.25, 0.3) is 0 Å². The monoisotopic (exact) mass is 316 g/mol. The maximum absolute atomic E-state index is 11.8. The molecule has 0 aliphatic rings. The number of ether oxygens (including phenoxy) is 1. The fraction of sp³-hybridized carbons (Fsp3) is 0.133. The van der Waals surface area contributed by atoms with E-state index in [9.17, 15) is 9.59 Å². The Morgan fingerprint density at radius 3 is 2.82 bits per heavy atom. The number of rotatable bonds is 6. The molecule has 0 saturated carbocycles. The molecule has 0 radical (unpaired) electrons. The number of anilines is 1. The van der Waals surface area contributed by atoms with E-state index in [1.54, 1.807) is 24.3 Å². The molecule has 112 valence electrons. The van der Waals surface area contributed by atoms with Crippen molar-refractivity contribution in [2.24, 2.45) is 0 Å². The number of esters is 1. The molecule has 0 aliphatic heterocycles. The van der Waals surface area contributed by atoms with Gasteiger partial charge in [0.1, 0.15) is 0 Å². The molecule has 0 aliphatic carbocycles. The molecule has 0 atom stereocenters. The summed E-state index contributed by atoms with van der Waals surface area (Å²) >= 11 is 1.31. The van der Waals surface area contributed by atoms with Gasteiger partial charge in [-0.25, -0.2) is 4.79 Å². The fourth-order valence-electron chi connectivity index (χ4n) is 1.59. The number of para-hydroxylation sites is 1. The van der Waals surface area contributed by atoms with Gasteiger partial charge in [-0.3, -0.25) is 4.79 Å². The van der Waals surface area contributed by atoms with E-state index in [-0.39, 0.29) is 11.5 Å². The molecule has 1 heterocycles. The Hall–Kier alpha value is -2.72. The highest BCUT2D eigenvalue weighted by atomic mass is 32.2. The van der Waals surface area contributed by atoms with Gasteiger partial charge in [0.05, 0.1) is 23.8 Å². The van der Waals surface area contributed by atoms with Crippen LogP contribution in [-0.4, -0.2) is 24.2 Å². The summed E-state index contributed by atoms with van der Waals surface area (Å²) in [4.78, 5) is 24.1. The van der Waals surface area contributed by atoms with Crippen LogP contribution in [0.5, 0.6) is 0 Å². The highest BCUT2D eigenvalue weighted by Crippen LogP contribution is 2.26. The lowest BCUT2D eigenvalue weighted by Crippen LogP contribution is -2.21. The maximum atomic E-state index is 11.8. The topological polar surface area (TPSA) is 92.3 Å². The van der Waals surface area contributed by atoms with Crippen LogP contribution in [0.4, 0.5) is 5.69 Å². The van der Waals surface area contributed by atoms with Gasteiger partial charge in [-0.2, -0.15) is 5.26 Å². The van der Waals surface area contributed by atoms with E-state index in [1.165, 1.54) is 24.1 Å². The normalized spacial score (nSPS) is 9.77. The van der Waals surface area contributed by atoms with Gasteiger partial charge < -0.3 is 14.5 Å². The average Bonchev–Trinajstić information content (AvgIpc) is 3.06. The summed E-state index contributed by atoms with van der Waals surface area (Å²) in [5, 5.41) is 11.3. The zero-order valence-electron chi connectivity index (χ0n) is 11.4. The quantitative estimate of drug-likeness (QED) is 0.650. The van der Waals surface area contributed by atoms with Gasteiger partial charge in [0.2, 0.25) is 5.76 Å². The Kier molecular flexibility index (Phi) is 5.63. The first-order chi connectivity index (χ1) is 10.7. The van der Waals surface area contributed by atoms with Crippen molar-refractivity contribution in [3.05, 3.63) is 48.4 Å². The minimum Gasteiger partial charge on any atom is -0.457 e. The van der Waals surface area contributed by atoms with Gasteiger partial charge in [0.15, 0.2) is 6.61 Å². The summed E-state index contributed by atoms with van der Waals surface area (Å²) in [5.41, 5.74) is 0.571. The summed E-state index contributed by atoms with van der Waals surface area (Å²) in [5.74, 6) is -0.852. The van der Waals surface area contributed by atoms with Crippen LogP contribution in [0, 0.1) is 11.3 Å². The Bertz CT molecular complexity index is 692. The van der Waals surface area contributed by atoms with E-state index < -0.39 is 18.5 Å². The van der Waals surface area contributed by atoms with E-state index in [2.05, 4.69) is 5.32 Å². The first-order valence-electron chi connectivity index (χ1n) is 6.30. The molecule has 0 bridgehead atoms. The summed E-state index contributed by atoms with van der Waals surface area (Å²) < 4.78 is 9.71. The van der Waals surface area contributed by atoms with Crippen molar-refractivity contribution < 1.29 is 18.7 Å². The molecule has 7 heteroatoms. The largest absolute Gasteiger partial charge is 0.457 e. The molecular weight excluding hydrogens is 304 g/mol. The van der Waals surface area contributed by atoms with Crippen LogP contribution >= 0.6 is 11.8 Å². The Balaban J connectivity index is 1.89. The zero-order chi connectivity index (χ0) is 15.8. The van der Waals surface area contributed by atoms with E-state index in [0.29, 0.717) is 5.69 Å². The van der Waals surface area contributed by atoms with Gasteiger partial charge in [0, 0.05) is 4.90 Å². The Morgan fingerprint density at radius 1 is 1.27 bits per heavy atom. The SMILES string of the molecule is N#CCSc1ccccc1NC(=O)COC(=O)c1ccco1. The average molecular weight is 316 g/mol. The third-order valence-corrected chi connectivity index (χ3v) is 3.45. The third-order valence-electron chi connectivity index (χ3n) is 2.51. The third kappa shape index (κ3) is 4.40. The molecule has 2 rings (SSSR count). The van der Waals surface area contributed by atoms with Crippen LogP contribution in [-0.2, 0) is 9.53 Å². The summed E-state index contributed by atoms with van der Waals surface area (Å²) in [6.07, 6.45) is 1.35. The number of carbonyl (C=O) groups excluding carboxylic acids is 2.